The van der Waals surface area contributed by atoms with Gasteiger partial charge in [0, 0.05) is 27.4 Å². The minimum atomic E-state index is -4.76. The Labute approximate surface area is 138 Å². The van der Waals surface area contributed by atoms with Crippen LogP contribution in [0.25, 0.3) is 0 Å². The first-order valence-electron chi connectivity index (χ1n) is 4.91. The molecule has 0 rings (SSSR count). The summed E-state index contributed by atoms with van der Waals surface area (Å²) in [5.41, 5.74) is 0. The average molecular weight is 267 g/mol. The van der Waals surface area contributed by atoms with Crippen molar-refractivity contribution >= 4 is 6.98 Å². The molecule has 3 nitrogen and oxygen atoms in total. The van der Waals surface area contributed by atoms with Gasteiger partial charge in [-0.1, -0.05) is 0 Å². The zero-order valence-corrected chi connectivity index (χ0v) is 13.3. The number of hydrogen-bond donors (Lipinski definition) is 0. The molecule has 0 aliphatic carbocycles. The third kappa shape index (κ3) is 13.4. The van der Waals surface area contributed by atoms with Gasteiger partial charge in [-0.15, -0.1) is 0 Å². The van der Waals surface area contributed by atoms with Crippen molar-refractivity contribution in [3.05, 3.63) is 0 Å². The van der Waals surface area contributed by atoms with Gasteiger partial charge in [0.1, 0.15) is 0 Å². The van der Waals surface area contributed by atoms with Crippen molar-refractivity contribution < 1.29 is 73.8 Å². The van der Waals surface area contributed by atoms with Gasteiger partial charge >= 0.3 is 58.4 Å². The zero-order valence-electron chi connectivity index (χ0n) is 10.2. The molecule has 0 saturated carbocycles. The molecule has 0 unspecified atom stereocenters. The summed E-state index contributed by atoms with van der Waals surface area (Å²) in [6.07, 6.45) is -0.223. The Morgan fingerprint density at radius 3 is 2.00 bits per heavy atom. The fourth-order valence-corrected chi connectivity index (χ4v) is 1.24. The Morgan fingerprint density at radius 2 is 1.56 bits per heavy atom. The van der Waals surface area contributed by atoms with Gasteiger partial charge in [0.15, 0.2) is 0 Å². The molecule has 0 aromatic carbocycles. The monoisotopic (exact) mass is 267 g/mol. The van der Waals surface area contributed by atoms with E-state index in [1.165, 1.54) is 19.1 Å². The van der Waals surface area contributed by atoms with Gasteiger partial charge < -0.3 is 27.3 Å². The van der Waals surface area contributed by atoms with E-state index in [1.807, 2.05) is 0 Å². The Hall–Kier alpha value is 1.37. The number of methoxy groups -OCH3 is 2. The van der Waals surface area contributed by atoms with E-state index in [0.29, 0.717) is 32.7 Å². The fourth-order valence-electron chi connectivity index (χ4n) is 1.24. The molecule has 0 radical (unpaired) electrons. The fraction of sp³-hybridized carbons (Fsp3) is 1.00. The van der Waals surface area contributed by atoms with Crippen molar-refractivity contribution in [1.82, 2.24) is 4.90 Å². The molecule has 16 heavy (non-hydrogen) atoms. The van der Waals surface area contributed by atoms with Crippen LogP contribution in [0.5, 0.6) is 0 Å². The minimum absolute atomic E-state index is 0. The molecule has 8 heteroatoms. The van der Waals surface area contributed by atoms with Crippen LogP contribution in [-0.4, -0.2) is 58.8 Å². The van der Waals surface area contributed by atoms with Crippen molar-refractivity contribution in [2.45, 2.75) is 6.42 Å². The molecule has 0 aliphatic rings. The molecular weight excluding hydrogens is 249 g/mol. The summed E-state index contributed by atoms with van der Waals surface area (Å²) in [4.78, 5) is 1.35. The van der Waals surface area contributed by atoms with E-state index in [1.54, 1.807) is 0 Å². The summed E-state index contributed by atoms with van der Waals surface area (Å²) in [6.45, 7) is -3.27. The molecule has 0 aromatic rings. The van der Waals surface area contributed by atoms with E-state index >= 15 is 0 Å². The SMILES string of the molecule is COCCCN(CCOC)C[B-](F)(F)F.[K+]. The van der Waals surface area contributed by atoms with Crippen LogP contribution in [0.4, 0.5) is 12.9 Å². The topological polar surface area (TPSA) is 21.7 Å². The molecule has 0 fully saturated rings. The quantitative estimate of drug-likeness (QED) is 0.369. The molecule has 0 atom stereocenters. The molecule has 0 heterocycles. The molecule has 0 bridgehead atoms. The van der Waals surface area contributed by atoms with E-state index in [4.69, 9.17) is 9.47 Å². The summed E-state index contributed by atoms with van der Waals surface area (Å²) >= 11 is 0. The van der Waals surface area contributed by atoms with Gasteiger partial charge in [0.05, 0.1) is 6.61 Å². The van der Waals surface area contributed by atoms with Gasteiger partial charge in [-0.2, -0.15) is 0 Å². The molecule has 0 spiro atoms. The summed E-state index contributed by atoms with van der Waals surface area (Å²) in [6, 6.07) is 0. The second-order valence-corrected chi connectivity index (χ2v) is 3.35. The Balaban J connectivity index is 0. The molecule has 0 saturated heterocycles. The van der Waals surface area contributed by atoms with Crippen molar-refractivity contribution in [2.75, 3.05) is 47.0 Å². The maximum atomic E-state index is 12.2. The van der Waals surface area contributed by atoms with Crippen molar-refractivity contribution in [3.63, 3.8) is 0 Å². The van der Waals surface area contributed by atoms with Crippen LogP contribution in [0.2, 0.25) is 0 Å². The summed E-state index contributed by atoms with van der Waals surface area (Å²) in [5, 5.41) is 0. The van der Waals surface area contributed by atoms with E-state index < -0.39 is 13.4 Å². The van der Waals surface area contributed by atoms with E-state index in [9.17, 15) is 12.9 Å². The van der Waals surface area contributed by atoms with Gasteiger partial charge in [-0.3, -0.25) is 0 Å². The maximum absolute atomic E-state index is 12.2. The minimum Gasteiger partial charge on any atom is -0.448 e. The third-order valence-electron chi connectivity index (χ3n) is 1.90. The second kappa shape index (κ2) is 11.5. The zero-order chi connectivity index (χ0) is 11.7. The van der Waals surface area contributed by atoms with Crippen molar-refractivity contribution in [3.8, 4) is 0 Å². The molecular formula is C8H18BF3KNO2. The van der Waals surface area contributed by atoms with Crippen LogP contribution in [0.1, 0.15) is 6.42 Å². The average Bonchev–Trinajstić information content (AvgIpc) is 2.12. The number of hydrogen-bond acceptors (Lipinski definition) is 3. The number of ether oxygens (including phenoxy) is 2. The van der Waals surface area contributed by atoms with Crippen molar-refractivity contribution in [2.24, 2.45) is 0 Å². The maximum Gasteiger partial charge on any atom is 1.00 e. The molecule has 0 aromatic heterocycles. The Bertz CT molecular complexity index is 163. The van der Waals surface area contributed by atoms with E-state index in [-0.39, 0.29) is 51.4 Å². The van der Waals surface area contributed by atoms with E-state index in [0.717, 1.165) is 0 Å². The first-order chi connectivity index (χ1) is 6.99. The normalized spacial score (nSPS) is 11.6. The van der Waals surface area contributed by atoms with Gasteiger partial charge in [0.25, 0.3) is 0 Å². The van der Waals surface area contributed by atoms with Crippen molar-refractivity contribution in [1.29, 1.82) is 0 Å². The number of rotatable bonds is 9. The number of nitrogens with zero attached hydrogens (tertiary/aromatic N) is 1. The van der Waals surface area contributed by atoms with E-state index in [2.05, 4.69) is 0 Å². The van der Waals surface area contributed by atoms with Crippen LogP contribution in [0.3, 0.4) is 0 Å². The Morgan fingerprint density at radius 1 is 1.00 bits per heavy atom. The molecule has 0 amide bonds. The summed E-state index contributed by atoms with van der Waals surface area (Å²) < 4.78 is 46.1. The second-order valence-electron chi connectivity index (χ2n) is 3.35. The summed E-state index contributed by atoms with van der Waals surface area (Å²) in [5.74, 6) is 0. The first kappa shape index (κ1) is 19.7. The molecule has 92 valence electrons. The molecule has 0 aliphatic heterocycles. The van der Waals surface area contributed by atoms with Crippen LogP contribution in [0.15, 0.2) is 0 Å². The van der Waals surface area contributed by atoms with Crippen LogP contribution >= 0.6 is 0 Å². The van der Waals surface area contributed by atoms with Gasteiger partial charge in [-0.05, 0) is 19.4 Å². The summed E-state index contributed by atoms with van der Waals surface area (Å²) in [7, 11) is 3.01. The predicted octanol–water partition coefficient (Wildman–Crippen LogP) is -1.64. The largest absolute Gasteiger partial charge is 1.00 e. The van der Waals surface area contributed by atoms with Crippen LogP contribution in [0, 0.1) is 0 Å². The standard InChI is InChI=1S/C8H18BF3NO2.K/c1-14-6-3-4-13(5-7-15-2)8-9(10,11)12;/h3-8H2,1-2H3;/q-1;+1. The number of halogens is 3. The predicted molar refractivity (Wildman–Crippen MR) is 53.9 cm³/mol. The van der Waals surface area contributed by atoms with Gasteiger partial charge in [-0.25, -0.2) is 0 Å². The van der Waals surface area contributed by atoms with Crippen LogP contribution in [-0.2, 0) is 9.47 Å². The first-order valence-corrected chi connectivity index (χ1v) is 4.91. The molecule has 0 N–H and O–H groups in total. The van der Waals surface area contributed by atoms with Gasteiger partial charge in [0.2, 0.25) is 0 Å². The van der Waals surface area contributed by atoms with Crippen LogP contribution < -0.4 is 51.4 Å². The smallest absolute Gasteiger partial charge is 0.448 e. The third-order valence-corrected chi connectivity index (χ3v) is 1.90. The Kier molecular flexibility index (Phi) is 14.1.